The number of anilines is 1. The Bertz CT molecular complexity index is 559. The molecule has 1 aromatic carbocycles. The zero-order valence-electron chi connectivity index (χ0n) is 11.2. The second-order valence-corrected chi connectivity index (χ2v) is 7.68. The lowest BCUT2D eigenvalue weighted by atomic mass is 10.2. The normalized spacial score (nSPS) is 21.6. The smallest absolute Gasteiger partial charge is 0.217 e. The quantitative estimate of drug-likeness (QED) is 0.844. The summed E-state index contributed by atoms with van der Waals surface area (Å²) in [6.07, 6.45) is 1.70. The van der Waals surface area contributed by atoms with Gasteiger partial charge in [0.15, 0.2) is 0 Å². The van der Waals surface area contributed by atoms with Crippen molar-refractivity contribution in [2.45, 2.75) is 25.0 Å². The molecule has 0 bridgehead atoms. The molecule has 4 nitrogen and oxygen atoms in total. The van der Waals surface area contributed by atoms with E-state index in [2.05, 4.69) is 36.1 Å². The van der Waals surface area contributed by atoms with Gasteiger partial charge in [0.2, 0.25) is 10.0 Å². The Morgan fingerprint density at radius 2 is 1.79 bits per heavy atom. The summed E-state index contributed by atoms with van der Waals surface area (Å²) in [6, 6.07) is 8.39. The third-order valence-corrected chi connectivity index (χ3v) is 6.31. The minimum absolute atomic E-state index is 0.0852. The molecule has 1 heterocycles. The van der Waals surface area contributed by atoms with Crippen molar-refractivity contribution in [2.24, 2.45) is 0 Å². The highest BCUT2D eigenvalue weighted by Gasteiger charge is 2.40. The Hall–Kier alpha value is -1.07. The van der Waals surface area contributed by atoms with Crippen LogP contribution < -0.4 is 4.90 Å². The summed E-state index contributed by atoms with van der Waals surface area (Å²) < 4.78 is 26.0. The van der Waals surface area contributed by atoms with Crippen LogP contribution >= 0.6 is 0 Å². The number of hydrogen-bond donors (Lipinski definition) is 0. The summed E-state index contributed by atoms with van der Waals surface area (Å²) in [6.45, 7) is 4.89. The lowest BCUT2D eigenvalue weighted by molar-refractivity contribution is 0.384. The van der Waals surface area contributed by atoms with Crippen molar-refractivity contribution in [2.75, 3.05) is 31.1 Å². The third kappa shape index (κ3) is 2.62. The Morgan fingerprint density at radius 3 is 2.37 bits per heavy atom. The van der Waals surface area contributed by atoms with Crippen molar-refractivity contribution >= 4 is 15.7 Å². The highest BCUT2D eigenvalue weighted by molar-refractivity contribution is 7.90. The van der Waals surface area contributed by atoms with Gasteiger partial charge in [-0.2, -0.15) is 4.31 Å². The summed E-state index contributed by atoms with van der Waals surface area (Å²) in [4.78, 5) is 2.27. The summed E-state index contributed by atoms with van der Waals surface area (Å²) in [5.74, 6) is 0. The Morgan fingerprint density at radius 1 is 1.11 bits per heavy atom. The van der Waals surface area contributed by atoms with Gasteiger partial charge in [-0.1, -0.05) is 12.1 Å². The van der Waals surface area contributed by atoms with Gasteiger partial charge < -0.3 is 4.90 Å². The molecule has 1 aromatic rings. The van der Waals surface area contributed by atoms with Crippen LogP contribution in [0.4, 0.5) is 5.69 Å². The van der Waals surface area contributed by atoms with Gasteiger partial charge >= 0.3 is 0 Å². The summed E-state index contributed by atoms with van der Waals surface area (Å²) in [5, 5.41) is -0.0852. The van der Waals surface area contributed by atoms with Gasteiger partial charge in [-0.05, 0) is 37.5 Å². The zero-order valence-corrected chi connectivity index (χ0v) is 12.1. The molecule has 0 amide bonds. The lowest BCUT2D eigenvalue weighted by Gasteiger charge is -2.35. The first-order valence-electron chi connectivity index (χ1n) is 6.88. The van der Waals surface area contributed by atoms with Crippen LogP contribution in [0.5, 0.6) is 0 Å². The molecule has 5 heteroatoms. The predicted octanol–water partition coefficient (Wildman–Crippen LogP) is 1.61. The standard InChI is InChI=1S/C14H20N2O2S/c1-12-3-2-4-13(11-12)15-7-9-16(10-8-15)19(17,18)14-5-6-14/h2-4,11,14H,5-10H2,1H3. The molecule has 19 heavy (non-hydrogen) atoms. The minimum Gasteiger partial charge on any atom is -0.369 e. The topological polar surface area (TPSA) is 40.6 Å². The van der Waals surface area contributed by atoms with E-state index in [-0.39, 0.29) is 5.25 Å². The second-order valence-electron chi connectivity index (χ2n) is 5.47. The average Bonchev–Trinajstić information content (AvgIpc) is 3.23. The predicted molar refractivity (Wildman–Crippen MR) is 76.9 cm³/mol. The maximum absolute atomic E-state index is 12.2. The Labute approximate surface area is 115 Å². The highest BCUT2D eigenvalue weighted by Crippen LogP contribution is 2.31. The van der Waals surface area contributed by atoms with Crippen molar-refractivity contribution in [3.8, 4) is 0 Å². The Balaban J connectivity index is 1.66. The van der Waals surface area contributed by atoms with Crippen LogP contribution in [0.1, 0.15) is 18.4 Å². The van der Waals surface area contributed by atoms with Crippen molar-refractivity contribution in [1.29, 1.82) is 0 Å². The summed E-state index contributed by atoms with van der Waals surface area (Å²) in [7, 11) is -3.00. The van der Waals surface area contributed by atoms with Crippen molar-refractivity contribution in [3.05, 3.63) is 29.8 Å². The molecule has 0 aromatic heterocycles. The maximum atomic E-state index is 12.2. The van der Waals surface area contributed by atoms with E-state index in [1.165, 1.54) is 11.3 Å². The molecular formula is C14H20N2O2S. The SMILES string of the molecule is Cc1cccc(N2CCN(S(=O)(=O)C3CC3)CC2)c1. The lowest BCUT2D eigenvalue weighted by Crippen LogP contribution is -2.49. The highest BCUT2D eigenvalue weighted by atomic mass is 32.2. The van der Waals surface area contributed by atoms with E-state index in [1.807, 2.05) is 0 Å². The van der Waals surface area contributed by atoms with Gasteiger partial charge in [0, 0.05) is 31.9 Å². The van der Waals surface area contributed by atoms with Crippen LogP contribution in [0.2, 0.25) is 0 Å². The molecule has 0 atom stereocenters. The number of aryl methyl sites for hydroxylation is 1. The molecular weight excluding hydrogens is 260 g/mol. The van der Waals surface area contributed by atoms with Gasteiger partial charge in [0.05, 0.1) is 5.25 Å². The first kappa shape index (κ1) is 12.9. The van der Waals surface area contributed by atoms with Gasteiger partial charge in [-0.3, -0.25) is 0 Å². The molecule has 1 aliphatic heterocycles. The molecule has 0 spiro atoms. The van der Waals surface area contributed by atoms with E-state index in [0.717, 1.165) is 25.9 Å². The van der Waals surface area contributed by atoms with Crippen LogP contribution in [0.15, 0.2) is 24.3 Å². The number of sulfonamides is 1. The van der Waals surface area contributed by atoms with Crippen molar-refractivity contribution in [3.63, 3.8) is 0 Å². The number of hydrogen-bond acceptors (Lipinski definition) is 3. The van der Waals surface area contributed by atoms with Crippen LogP contribution in [0.25, 0.3) is 0 Å². The first-order valence-corrected chi connectivity index (χ1v) is 8.38. The van der Waals surface area contributed by atoms with Crippen molar-refractivity contribution in [1.82, 2.24) is 4.31 Å². The molecule has 2 fully saturated rings. The fourth-order valence-corrected chi connectivity index (χ4v) is 4.43. The van der Waals surface area contributed by atoms with E-state index in [4.69, 9.17) is 0 Å². The van der Waals surface area contributed by atoms with Crippen LogP contribution in [-0.4, -0.2) is 44.2 Å². The van der Waals surface area contributed by atoms with E-state index in [1.54, 1.807) is 4.31 Å². The van der Waals surface area contributed by atoms with Crippen LogP contribution in [0.3, 0.4) is 0 Å². The largest absolute Gasteiger partial charge is 0.369 e. The van der Waals surface area contributed by atoms with E-state index in [0.29, 0.717) is 13.1 Å². The number of benzene rings is 1. The zero-order chi connectivity index (χ0) is 13.5. The van der Waals surface area contributed by atoms with Gasteiger partial charge in [0.1, 0.15) is 0 Å². The molecule has 2 aliphatic rings. The van der Waals surface area contributed by atoms with Gasteiger partial charge in [-0.15, -0.1) is 0 Å². The van der Waals surface area contributed by atoms with E-state index >= 15 is 0 Å². The van der Waals surface area contributed by atoms with E-state index < -0.39 is 10.0 Å². The van der Waals surface area contributed by atoms with Gasteiger partial charge in [0.25, 0.3) is 0 Å². The van der Waals surface area contributed by atoms with E-state index in [9.17, 15) is 8.42 Å². The van der Waals surface area contributed by atoms with Crippen LogP contribution in [0, 0.1) is 6.92 Å². The second kappa shape index (κ2) is 4.80. The van der Waals surface area contributed by atoms with Crippen molar-refractivity contribution < 1.29 is 8.42 Å². The molecule has 3 rings (SSSR count). The van der Waals surface area contributed by atoms with Gasteiger partial charge in [-0.25, -0.2) is 8.42 Å². The maximum Gasteiger partial charge on any atom is 0.217 e. The molecule has 0 radical (unpaired) electrons. The molecule has 0 N–H and O–H groups in total. The summed E-state index contributed by atoms with van der Waals surface area (Å²) >= 11 is 0. The fourth-order valence-electron chi connectivity index (χ4n) is 2.60. The molecule has 104 valence electrons. The average molecular weight is 280 g/mol. The monoisotopic (exact) mass is 280 g/mol. The molecule has 1 saturated carbocycles. The molecule has 0 unspecified atom stereocenters. The van der Waals surface area contributed by atoms with Crippen LogP contribution in [-0.2, 0) is 10.0 Å². The molecule has 1 saturated heterocycles. The fraction of sp³-hybridized carbons (Fsp3) is 0.571. The number of piperazine rings is 1. The number of nitrogens with zero attached hydrogens (tertiary/aromatic N) is 2. The summed E-state index contributed by atoms with van der Waals surface area (Å²) in [5.41, 5.74) is 2.44. The third-order valence-electron chi connectivity index (χ3n) is 3.91. The first-order chi connectivity index (χ1) is 9.07. The Kier molecular flexibility index (Phi) is 3.27. The minimum atomic E-state index is -3.00. The molecule has 1 aliphatic carbocycles. The number of rotatable bonds is 3.